The Hall–Kier alpha value is -0.720. The molecule has 0 radical (unpaired) electrons. The summed E-state index contributed by atoms with van der Waals surface area (Å²) in [6, 6.07) is 0. The lowest BCUT2D eigenvalue weighted by Gasteiger charge is -2.09. The van der Waals surface area contributed by atoms with Crippen LogP contribution in [0.15, 0.2) is 9.27 Å². The smallest absolute Gasteiger partial charge is 0.265 e. The molecule has 0 fully saturated rings. The highest BCUT2D eigenvalue weighted by Gasteiger charge is 2.10. The van der Waals surface area contributed by atoms with Crippen molar-refractivity contribution >= 4 is 15.9 Å². The summed E-state index contributed by atoms with van der Waals surface area (Å²) in [5.41, 5.74) is 0.684. The zero-order valence-electron chi connectivity index (χ0n) is 11.7. The number of rotatable bonds is 8. The Kier molecular flexibility index (Phi) is 7.27. The van der Waals surface area contributed by atoms with Crippen molar-refractivity contribution in [2.45, 2.75) is 26.7 Å². The van der Waals surface area contributed by atoms with Crippen molar-refractivity contribution in [2.75, 3.05) is 26.9 Å². The van der Waals surface area contributed by atoms with Crippen LogP contribution in [0.5, 0.6) is 0 Å². The molecule has 6 heteroatoms. The second-order valence-corrected chi connectivity index (χ2v) is 5.52. The molecule has 19 heavy (non-hydrogen) atoms. The SMILES string of the molecule is COCCOCCc1nc(CC(C)C)c(Br)c(=O)[nH]1. The van der Waals surface area contributed by atoms with Crippen LogP contribution in [0.1, 0.15) is 25.4 Å². The van der Waals surface area contributed by atoms with Crippen molar-refractivity contribution in [3.63, 3.8) is 0 Å². The normalized spacial score (nSPS) is 11.2. The molecule has 1 heterocycles. The van der Waals surface area contributed by atoms with Gasteiger partial charge >= 0.3 is 0 Å². The molecule has 0 aliphatic heterocycles. The number of H-pyrrole nitrogens is 1. The molecule has 1 rings (SSSR count). The molecule has 0 spiro atoms. The highest BCUT2D eigenvalue weighted by atomic mass is 79.9. The van der Waals surface area contributed by atoms with Gasteiger partial charge in [0.1, 0.15) is 10.3 Å². The molecule has 0 saturated carbocycles. The first-order valence-electron chi connectivity index (χ1n) is 6.38. The van der Waals surface area contributed by atoms with E-state index >= 15 is 0 Å². The van der Waals surface area contributed by atoms with Crippen molar-refractivity contribution in [2.24, 2.45) is 5.92 Å². The van der Waals surface area contributed by atoms with E-state index in [1.54, 1.807) is 7.11 Å². The lowest BCUT2D eigenvalue weighted by Crippen LogP contribution is -2.18. The van der Waals surface area contributed by atoms with E-state index in [2.05, 4.69) is 39.7 Å². The summed E-state index contributed by atoms with van der Waals surface area (Å²) in [5.74, 6) is 1.12. The van der Waals surface area contributed by atoms with Gasteiger partial charge in [-0.2, -0.15) is 0 Å². The highest BCUT2D eigenvalue weighted by molar-refractivity contribution is 9.10. The fourth-order valence-electron chi connectivity index (χ4n) is 1.61. The van der Waals surface area contributed by atoms with E-state index in [0.29, 0.717) is 42.5 Å². The predicted octanol–water partition coefficient (Wildman–Crippen LogP) is 1.94. The minimum Gasteiger partial charge on any atom is -0.382 e. The molecular weight excluding hydrogens is 312 g/mol. The van der Waals surface area contributed by atoms with Crippen molar-refractivity contribution in [1.82, 2.24) is 9.97 Å². The van der Waals surface area contributed by atoms with Crippen LogP contribution >= 0.6 is 15.9 Å². The molecule has 0 bridgehead atoms. The average Bonchev–Trinajstić information content (AvgIpc) is 2.34. The van der Waals surface area contributed by atoms with E-state index < -0.39 is 0 Å². The van der Waals surface area contributed by atoms with Gasteiger partial charge in [-0.3, -0.25) is 4.79 Å². The van der Waals surface area contributed by atoms with Crippen LogP contribution in [-0.4, -0.2) is 36.9 Å². The fourth-order valence-corrected chi connectivity index (χ4v) is 1.96. The second kappa shape index (κ2) is 8.45. The van der Waals surface area contributed by atoms with E-state index in [-0.39, 0.29) is 5.56 Å². The van der Waals surface area contributed by atoms with Gasteiger partial charge in [-0.25, -0.2) is 4.98 Å². The molecule has 0 aromatic carbocycles. The zero-order valence-corrected chi connectivity index (χ0v) is 13.2. The van der Waals surface area contributed by atoms with Crippen LogP contribution in [0.3, 0.4) is 0 Å². The molecule has 0 aliphatic rings. The van der Waals surface area contributed by atoms with Gasteiger partial charge in [0.15, 0.2) is 0 Å². The third-order valence-corrected chi connectivity index (χ3v) is 3.31. The number of nitrogens with zero attached hydrogens (tertiary/aromatic N) is 1. The van der Waals surface area contributed by atoms with E-state index in [1.165, 1.54) is 0 Å². The lowest BCUT2D eigenvalue weighted by atomic mass is 10.1. The molecule has 0 amide bonds. The third kappa shape index (κ3) is 5.84. The topological polar surface area (TPSA) is 64.2 Å². The Morgan fingerprint density at radius 1 is 1.32 bits per heavy atom. The number of hydrogen-bond donors (Lipinski definition) is 1. The van der Waals surface area contributed by atoms with Gasteiger partial charge < -0.3 is 14.5 Å². The minimum absolute atomic E-state index is 0.127. The Morgan fingerprint density at radius 2 is 2.05 bits per heavy atom. The van der Waals surface area contributed by atoms with Gasteiger partial charge in [0, 0.05) is 13.5 Å². The summed E-state index contributed by atoms with van der Waals surface area (Å²) in [5, 5.41) is 0. The van der Waals surface area contributed by atoms with Crippen molar-refractivity contribution in [1.29, 1.82) is 0 Å². The lowest BCUT2D eigenvalue weighted by molar-refractivity contribution is 0.0716. The van der Waals surface area contributed by atoms with Crippen molar-refractivity contribution in [3.8, 4) is 0 Å². The number of aromatic nitrogens is 2. The molecule has 0 aliphatic carbocycles. The van der Waals surface area contributed by atoms with E-state index in [0.717, 1.165) is 12.1 Å². The van der Waals surface area contributed by atoms with Gasteiger partial charge in [-0.1, -0.05) is 13.8 Å². The van der Waals surface area contributed by atoms with Gasteiger partial charge in [0.25, 0.3) is 5.56 Å². The monoisotopic (exact) mass is 332 g/mol. The number of ether oxygens (including phenoxy) is 2. The summed E-state index contributed by atoms with van der Waals surface area (Å²) >= 11 is 3.29. The second-order valence-electron chi connectivity index (χ2n) is 4.73. The van der Waals surface area contributed by atoms with E-state index in [9.17, 15) is 4.79 Å². The van der Waals surface area contributed by atoms with Crippen LogP contribution < -0.4 is 5.56 Å². The molecule has 0 atom stereocenters. The standard InChI is InChI=1S/C13H21BrN2O3/c1-9(2)8-10-12(14)13(17)16-11(15-10)4-5-19-7-6-18-3/h9H,4-8H2,1-3H3,(H,15,16,17). The predicted molar refractivity (Wildman–Crippen MR) is 77.5 cm³/mol. The van der Waals surface area contributed by atoms with E-state index in [1.807, 2.05) is 0 Å². The summed E-state index contributed by atoms with van der Waals surface area (Å²) < 4.78 is 10.8. The minimum atomic E-state index is -0.127. The molecule has 1 aromatic heterocycles. The van der Waals surface area contributed by atoms with Crippen LogP contribution in [-0.2, 0) is 22.3 Å². The van der Waals surface area contributed by atoms with Crippen LogP contribution in [0.2, 0.25) is 0 Å². The van der Waals surface area contributed by atoms with Gasteiger partial charge in [-0.15, -0.1) is 0 Å². The van der Waals surface area contributed by atoms with Crippen LogP contribution in [0, 0.1) is 5.92 Å². The third-order valence-electron chi connectivity index (χ3n) is 2.50. The zero-order chi connectivity index (χ0) is 14.3. The Bertz CT molecular complexity index is 446. The first-order chi connectivity index (χ1) is 9.04. The number of halogens is 1. The van der Waals surface area contributed by atoms with Crippen LogP contribution in [0.4, 0.5) is 0 Å². The quantitative estimate of drug-likeness (QED) is 0.739. The molecule has 108 valence electrons. The Labute approximate surface area is 121 Å². The fraction of sp³-hybridized carbons (Fsp3) is 0.692. The Morgan fingerprint density at radius 3 is 2.68 bits per heavy atom. The van der Waals surface area contributed by atoms with Gasteiger partial charge in [0.05, 0.1) is 25.5 Å². The van der Waals surface area contributed by atoms with Gasteiger partial charge in [0.2, 0.25) is 0 Å². The van der Waals surface area contributed by atoms with Crippen molar-refractivity contribution < 1.29 is 9.47 Å². The number of hydrogen-bond acceptors (Lipinski definition) is 4. The molecule has 0 unspecified atom stereocenters. The van der Waals surface area contributed by atoms with E-state index in [4.69, 9.17) is 9.47 Å². The highest BCUT2D eigenvalue weighted by Crippen LogP contribution is 2.13. The summed E-state index contributed by atoms with van der Waals surface area (Å²) in [4.78, 5) is 19.0. The number of nitrogens with one attached hydrogen (secondary N) is 1. The van der Waals surface area contributed by atoms with Crippen molar-refractivity contribution in [3.05, 3.63) is 26.3 Å². The number of aromatic amines is 1. The summed E-state index contributed by atoms with van der Waals surface area (Å²) in [6.07, 6.45) is 1.37. The number of methoxy groups -OCH3 is 1. The van der Waals surface area contributed by atoms with Crippen LogP contribution in [0.25, 0.3) is 0 Å². The molecule has 1 N–H and O–H groups in total. The largest absolute Gasteiger partial charge is 0.382 e. The maximum absolute atomic E-state index is 11.8. The Balaban J connectivity index is 2.63. The first-order valence-corrected chi connectivity index (χ1v) is 7.18. The maximum atomic E-state index is 11.8. The summed E-state index contributed by atoms with van der Waals surface area (Å²) in [7, 11) is 1.63. The first kappa shape index (κ1) is 16.3. The average molecular weight is 333 g/mol. The van der Waals surface area contributed by atoms with Gasteiger partial charge in [-0.05, 0) is 28.3 Å². The molecule has 1 aromatic rings. The molecule has 0 saturated heterocycles. The molecule has 5 nitrogen and oxygen atoms in total. The molecular formula is C13H21BrN2O3. The summed E-state index contributed by atoms with van der Waals surface area (Å²) in [6.45, 7) is 5.85. The maximum Gasteiger partial charge on any atom is 0.265 e.